The van der Waals surface area contributed by atoms with Crippen molar-refractivity contribution in [3.63, 3.8) is 0 Å². The van der Waals surface area contributed by atoms with Crippen LogP contribution < -0.4 is 5.32 Å². The van der Waals surface area contributed by atoms with Gasteiger partial charge < -0.3 is 14.5 Å². The Bertz CT molecular complexity index is 846. The number of carbonyl (C=O) groups excluding carboxylic acids is 2. The summed E-state index contributed by atoms with van der Waals surface area (Å²) < 4.78 is 11.4. The lowest BCUT2D eigenvalue weighted by Gasteiger charge is -2.41. The predicted octanol–water partition coefficient (Wildman–Crippen LogP) is 3.75. The van der Waals surface area contributed by atoms with E-state index in [1.807, 2.05) is 0 Å². The molecule has 0 bridgehead atoms. The minimum Gasteiger partial charge on any atom is -0.467 e. The van der Waals surface area contributed by atoms with Crippen LogP contribution in [0.25, 0.3) is 0 Å². The van der Waals surface area contributed by atoms with Gasteiger partial charge in [-0.1, -0.05) is 30.2 Å². The minimum atomic E-state index is -0.735. The molecule has 1 N–H and O–H groups in total. The van der Waals surface area contributed by atoms with Crippen LogP contribution in [-0.2, 0) is 16.1 Å². The molecule has 2 amide bonds. The molecule has 1 unspecified atom stereocenters. The van der Waals surface area contributed by atoms with Crippen LogP contribution in [0.2, 0.25) is 5.02 Å². The topological polar surface area (TPSA) is 71.8 Å². The number of hydrogen-bond donors (Lipinski definition) is 1. The molecule has 1 aromatic carbocycles. The zero-order valence-electron chi connectivity index (χ0n) is 15.5. The van der Waals surface area contributed by atoms with Gasteiger partial charge >= 0.3 is 0 Å². The van der Waals surface area contributed by atoms with Crippen molar-refractivity contribution in [2.75, 3.05) is 6.61 Å². The van der Waals surface area contributed by atoms with E-state index in [1.165, 1.54) is 0 Å². The Balaban J connectivity index is 1.60. The number of ether oxygens (including phenoxy) is 1. The molecule has 7 heteroatoms. The maximum absolute atomic E-state index is 13.5. The fourth-order valence-corrected chi connectivity index (χ4v) is 4.36. The Hall–Kier alpha value is -2.31. The van der Waals surface area contributed by atoms with Gasteiger partial charge in [0.05, 0.1) is 30.0 Å². The van der Waals surface area contributed by atoms with Crippen LogP contribution in [0.3, 0.4) is 0 Å². The standard InChI is InChI=1S/C21H23ClN2O4/c22-17-9-3-2-8-16(17)20(26)24-18(14-28-21(24)10-4-1-5-11-21)19(25)23-13-15-7-6-12-27-15/h2-3,6-9,12,18H,1,4-5,10-11,13-14H2,(H,23,25). The summed E-state index contributed by atoms with van der Waals surface area (Å²) in [6.07, 6.45) is 6.05. The Kier molecular flexibility index (Phi) is 5.42. The second-order valence-corrected chi connectivity index (χ2v) is 7.69. The van der Waals surface area contributed by atoms with Gasteiger partial charge in [0.15, 0.2) is 0 Å². The summed E-state index contributed by atoms with van der Waals surface area (Å²) in [6, 6.07) is 9.80. The van der Waals surface area contributed by atoms with E-state index >= 15 is 0 Å². The first-order valence-electron chi connectivity index (χ1n) is 9.63. The largest absolute Gasteiger partial charge is 0.467 e. The molecule has 2 aliphatic rings. The highest BCUT2D eigenvalue weighted by molar-refractivity contribution is 6.33. The molecular formula is C21H23ClN2O4. The van der Waals surface area contributed by atoms with Gasteiger partial charge in [-0.05, 0) is 49.9 Å². The maximum Gasteiger partial charge on any atom is 0.258 e. The third-order valence-electron chi connectivity index (χ3n) is 5.54. The highest BCUT2D eigenvalue weighted by atomic mass is 35.5. The molecule has 1 aliphatic carbocycles. The van der Waals surface area contributed by atoms with Crippen molar-refractivity contribution in [3.8, 4) is 0 Å². The first-order valence-corrected chi connectivity index (χ1v) is 10.0. The quantitative estimate of drug-likeness (QED) is 0.845. The van der Waals surface area contributed by atoms with Gasteiger partial charge in [0.25, 0.3) is 5.91 Å². The third-order valence-corrected chi connectivity index (χ3v) is 5.87. The second-order valence-electron chi connectivity index (χ2n) is 7.29. The molecule has 28 heavy (non-hydrogen) atoms. The van der Waals surface area contributed by atoms with Crippen LogP contribution in [0, 0.1) is 0 Å². The molecule has 2 heterocycles. The molecule has 6 nitrogen and oxygen atoms in total. The summed E-state index contributed by atoms with van der Waals surface area (Å²) in [5, 5.41) is 3.24. The Morgan fingerprint density at radius 3 is 2.64 bits per heavy atom. The van der Waals surface area contributed by atoms with E-state index in [0.29, 0.717) is 16.3 Å². The van der Waals surface area contributed by atoms with Crippen LogP contribution in [-0.4, -0.2) is 35.1 Å². The van der Waals surface area contributed by atoms with Crippen molar-refractivity contribution in [1.82, 2.24) is 10.2 Å². The molecule has 1 aliphatic heterocycles. The van der Waals surface area contributed by atoms with E-state index in [2.05, 4.69) is 5.32 Å². The molecule has 1 aromatic heterocycles. The molecular weight excluding hydrogens is 380 g/mol. The number of halogens is 1. The second kappa shape index (κ2) is 7.97. The smallest absolute Gasteiger partial charge is 0.258 e. The fourth-order valence-electron chi connectivity index (χ4n) is 4.14. The SMILES string of the molecule is O=C(NCc1ccco1)C1COC2(CCCCC2)N1C(=O)c1ccccc1Cl. The number of amides is 2. The molecule has 0 radical (unpaired) electrons. The zero-order valence-corrected chi connectivity index (χ0v) is 16.3. The van der Waals surface area contributed by atoms with Crippen LogP contribution in [0.4, 0.5) is 0 Å². The van der Waals surface area contributed by atoms with Gasteiger partial charge in [-0.15, -0.1) is 0 Å². The Morgan fingerprint density at radius 1 is 1.14 bits per heavy atom. The summed E-state index contributed by atoms with van der Waals surface area (Å²) >= 11 is 6.28. The number of nitrogens with one attached hydrogen (secondary N) is 1. The van der Waals surface area contributed by atoms with E-state index in [-0.39, 0.29) is 25.0 Å². The highest BCUT2D eigenvalue weighted by Crippen LogP contribution is 2.41. The van der Waals surface area contributed by atoms with Gasteiger partial charge in [0.2, 0.25) is 5.91 Å². The molecule has 1 saturated heterocycles. The Labute approximate surface area is 168 Å². The first kappa shape index (κ1) is 19.0. The summed E-state index contributed by atoms with van der Waals surface area (Å²) in [5.74, 6) is 0.144. The number of rotatable bonds is 4. The van der Waals surface area contributed by atoms with Gasteiger partial charge in [-0.25, -0.2) is 0 Å². The lowest BCUT2D eigenvalue weighted by atomic mass is 9.89. The number of hydrogen-bond acceptors (Lipinski definition) is 4. The molecule has 148 valence electrons. The summed E-state index contributed by atoms with van der Waals surface area (Å²) in [4.78, 5) is 28.0. The number of benzene rings is 1. The summed E-state index contributed by atoms with van der Waals surface area (Å²) in [7, 11) is 0. The summed E-state index contributed by atoms with van der Waals surface area (Å²) in [5.41, 5.74) is -0.343. The summed E-state index contributed by atoms with van der Waals surface area (Å²) in [6.45, 7) is 0.448. The molecule has 2 fully saturated rings. The molecule has 4 rings (SSSR count). The maximum atomic E-state index is 13.5. The number of nitrogens with zero attached hydrogens (tertiary/aromatic N) is 1. The lowest BCUT2D eigenvalue weighted by molar-refractivity contribution is -0.127. The van der Waals surface area contributed by atoms with Gasteiger partial charge in [0.1, 0.15) is 17.5 Å². The zero-order chi connectivity index (χ0) is 19.6. The minimum absolute atomic E-state index is 0.181. The molecule has 1 spiro atoms. The number of carbonyl (C=O) groups is 2. The van der Waals surface area contributed by atoms with Crippen molar-refractivity contribution in [1.29, 1.82) is 0 Å². The van der Waals surface area contributed by atoms with Gasteiger partial charge in [-0.3, -0.25) is 14.5 Å². The predicted molar refractivity (Wildman–Crippen MR) is 104 cm³/mol. The van der Waals surface area contributed by atoms with Crippen LogP contribution >= 0.6 is 11.6 Å². The van der Waals surface area contributed by atoms with E-state index < -0.39 is 11.8 Å². The highest BCUT2D eigenvalue weighted by Gasteiger charge is 2.53. The van der Waals surface area contributed by atoms with Crippen LogP contribution in [0.5, 0.6) is 0 Å². The van der Waals surface area contributed by atoms with E-state index in [9.17, 15) is 9.59 Å². The van der Waals surface area contributed by atoms with Crippen molar-refractivity contribution in [3.05, 3.63) is 59.0 Å². The average molecular weight is 403 g/mol. The Morgan fingerprint density at radius 2 is 1.93 bits per heavy atom. The van der Waals surface area contributed by atoms with Gasteiger partial charge in [-0.2, -0.15) is 0 Å². The van der Waals surface area contributed by atoms with Crippen molar-refractivity contribution in [2.24, 2.45) is 0 Å². The molecule has 2 aromatic rings. The van der Waals surface area contributed by atoms with Crippen molar-refractivity contribution < 1.29 is 18.7 Å². The third kappa shape index (κ3) is 3.54. The first-order chi connectivity index (χ1) is 13.6. The van der Waals surface area contributed by atoms with Crippen molar-refractivity contribution >= 4 is 23.4 Å². The lowest BCUT2D eigenvalue weighted by Crippen LogP contribution is -2.56. The van der Waals surface area contributed by atoms with E-state index in [4.69, 9.17) is 20.8 Å². The van der Waals surface area contributed by atoms with Crippen molar-refractivity contribution in [2.45, 2.75) is 50.4 Å². The fraction of sp³-hybridized carbons (Fsp3) is 0.429. The molecule has 1 saturated carbocycles. The normalized spacial score (nSPS) is 21.0. The van der Waals surface area contributed by atoms with Crippen LogP contribution in [0.15, 0.2) is 47.1 Å². The number of furan rings is 1. The molecule has 1 atom stereocenters. The van der Waals surface area contributed by atoms with Crippen LogP contribution in [0.1, 0.15) is 48.2 Å². The monoisotopic (exact) mass is 402 g/mol. The van der Waals surface area contributed by atoms with E-state index in [0.717, 1.165) is 32.1 Å². The van der Waals surface area contributed by atoms with E-state index in [1.54, 1.807) is 47.6 Å². The van der Waals surface area contributed by atoms with Gasteiger partial charge in [0, 0.05) is 0 Å². The average Bonchev–Trinajstić information content (AvgIpc) is 3.35.